The highest BCUT2D eigenvalue weighted by Crippen LogP contribution is 2.19. The zero-order chi connectivity index (χ0) is 15.2. The van der Waals surface area contributed by atoms with Crippen LogP contribution < -0.4 is 10.1 Å². The molecule has 110 valence electrons. The van der Waals surface area contributed by atoms with E-state index < -0.39 is 11.7 Å². The molecule has 2 rings (SSSR count). The number of hydrogen-bond acceptors (Lipinski definition) is 3. The van der Waals surface area contributed by atoms with Gasteiger partial charge in [-0.25, -0.2) is 4.39 Å². The molecule has 0 bridgehead atoms. The summed E-state index contributed by atoms with van der Waals surface area (Å²) in [6.45, 7) is 1.86. The minimum atomic E-state index is -0.625. The Balaban J connectivity index is 2.03. The molecule has 21 heavy (non-hydrogen) atoms. The van der Waals surface area contributed by atoms with E-state index in [1.54, 1.807) is 7.11 Å². The van der Waals surface area contributed by atoms with Gasteiger partial charge in [-0.3, -0.25) is 9.78 Å². The van der Waals surface area contributed by atoms with E-state index >= 15 is 0 Å². The van der Waals surface area contributed by atoms with E-state index in [2.05, 4.69) is 10.3 Å². The first-order chi connectivity index (χ1) is 10.1. The Morgan fingerprint density at radius 1 is 1.38 bits per heavy atom. The lowest BCUT2D eigenvalue weighted by atomic mass is 10.1. The van der Waals surface area contributed by atoms with Crippen molar-refractivity contribution in [1.82, 2.24) is 10.3 Å². The van der Waals surface area contributed by atoms with Gasteiger partial charge in [-0.2, -0.15) is 0 Å². The van der Waals surface area contributed by atoms with Gasteiger partial charge < -0.3 is 10.1 Å². The smallest absolute Gasteiger partial charge is 0.254 e. The van der Waals surface area contributed by atoms with E-state index in [1.807, 2.05) is 31.2 Å². The third-order valence-corrected chi connectivity index (χ3v) is 3.11. The van der Waals surface area contributed by atoms with E-state index in [0.29, 0.717) is 6.42 Å². The molecule has 1 aromatic heterocycles. The number of nitrogens with one attached hydrogen (secondary N) is 1. The molecule has 0 aliphatic rings. The molecule has 5 heteroatoms. The average Bonchev–Trinajstić information content (AvgIpc) is 2.48. The minimum absolute atomic E-state index is 0.00289. The third kappa shape index (κ3) is 3.78. The van der Waals surface area contributed by atoms with Crippen LogP contribution in [0.2, 0.25) is 0 Å². The molecule has 1 aromatic carbocycles. The summed E-state index contributed by atoms with van der Waals surface area (Å²) >= 11 is 0. The van der Waals surface area contributed by atoms with Crippen LogP contribution in [0.5, 0.6) is 5.75 Å². The lowest BCUT2D eigenvalue weighted by molar-refractivity contribution is 0.0935. The SMILES string of the molecule is COc1ccccc1CC(C)NC(=O)c1ccncc1F. The number of hydrogen-bond donors (Lipinski definition) is 1. The van der Waals surface area contributed by atoms with Gasteiger partial charge in [-0.15, -0.1) is 0 Å². The molecule has 2 aromatic rings. The van der Waals surface area contributed by atoms with Crippen molar-refractivity contribution in [3.8, 4) is 5.75 Å². The predicted octanol–water partition coefficient (Wildman–Crippen LogP) is 2.59. The van der Waals surface area contributed by atoms with Gasteiger partial charge in [0.15, 0.2) is 5.82 Å². The lowest BCUT2D eigenvalue weighted by Gasteiger charge is -2.16. The summed E-state index contributed by atoms with van der Waals surface area (Å²) in [6, 6.07) is 8.82. The number of aromatic nitrogens is 1. The Bertz CT molecular complexity index is 631. The summed E-state index contributed by atoms with van der Waals surface area (Å²) in [7, 11) is 1.61. The molecule has 1 N–H and O–H groups in total. The molecule has 0 fully saturated rings. The van der Waals surface area contributed by atoms with Crippen molar-refractivity contribution in [2.45, 2.75) is 19.4 Å². The maximum Gasteiger partial charge on any atom is 0.254 e. The van der Waals surface area contributed by atoms with Crippen molar-refractivity contribution in [3.63, 3.8) is 0 Å². The van der Waals surface area contributed by atoms with E-state index in [1.165, 1.54) is 12.3 Å². The van der Waals surface area contributed by atoms with Gasteiger partial charge in [-0.05, 0) is 31.0 Å². The van der Waals surface area contributed by atoms with Crippen LogP contribution in [0.3, 0.4) is 0 Å². The second kappa shape index (κ2) is 6.83. The fourth-order valence-electron chi connectivity index (χ4n) is 2.11. The second-order valence-corrected chi connectivity index (χ2v) is 4.75. The summed E-state index contributed by atoms with van der Waals surface area (Å²) in [6.07, 6.45) is 3.02. The van der Waals surface area contributed by atoms with Crippen LogP contribution in [0.4, 0.5) is 4.39 Å². The summed E-state index contributed by atoms with van der Waals surface area (Å²) in [5, 5.41) is 2.77. The van der Waals surface area contributed by atoms with E-state index in [0.717, 1.165) is 17.5 Å². The number of benzene rings is 1. The third-order valence-electron chi connectivity index (χ3n) is 3.11. The Labute approximate surface area is 123 Å². The minimum Gasteiger partial charge on any atom is -0.496 e. The number of nitrogens with zero attached hydrogens (tertiary/aromatic N) is 1. The summed E-state index contributed by atoms with van der Waals surface area (Å²) < 4.78 is 18.8. The lowest BCUT2D eigenvalue weighted by Crippen LogP contribution is -2.34. The predicted molar refractivity (Wildman–Crippen MR) is 77.8 cm³/mol. The number of rotatable bonds is 5. The Morgan fingerprint density at radius 3 is 2.86 bits per heavy atom. The topological polar surface area (TPSA) is 51.2 Å². The highest BCUT2D eigenvalue weighted by molar-refractivity contribution is 5.94. The molecule has 0 aliphatic heterocycles. The zero-order valence-electron chi connectivity index (χ0n) is 12.0. The normalized spacial score (nSPS) is 11.8. The molecule has 4 nitrogen and oxygen atoms in total. The zero-order valence-corrected chi connectivity index (χ0v) is 12.0. The number of para-hydroxylation sites is 1. The van der Waals surface area contributed by atoms with E-state index in [4.69, 9.17) is 4.74 Å². The second-order valence-electron chi connectivity index (χ2n) is 4.75. The van der Waals surface area contributed by atoms with Crippen LogP contribution in [0.25, 0.3) is 0 Å². The number of amides is 1. The van der Waals surface area contributed by atoms with Crippen LogP contribution in [-0.2, 0) is 6.42 Å². The maximum absolute atomic E-state index is 13.5. The van der Waals surface area contributed by atoms with E-state index in [-0.39, 0.29) is 11.6 Å². The molecular weight excluding hydrogens is 271 g/mol. The Hall–Kier alpha value is -2.43. The highest BCUT2D eigenvalue weighted by Gasteiger charge is 2.15. The quantitative estimate of drug-likeness (QED) is 0.920. The van der Waals surface area contributed by atoms with Gasteiger partial charge in [0.05, 0.1) is 18.9 Å². The molecule has 1 amide bonds. The number of carbonyl (C=O) groups is 1. The van der Waals surface area contributed by atoms with Crippen LogP contribution in [0.1, 0.15) is 22.8 Å². The first-order valence-corrected chi connectivity index (χ1v) is 6.64. The molecule has 0 aliphatic carbocycles. The van der Waals surface area contributed by atoms with Crippen LogP contribution in [0.15, 0.2) is 42.7 Å². The highest BCUT2D eigenvalue weighted by atomic mass is 19.1. The first kappa shape index (κ1) is 15.0. The van der Waals surface area contributed by atoms with Gasteiger partial charge in [0, 0.05) is 12.2 Å². The molecular formula is C16H17FN2O2. The van der Waals surface area contributed by atoms with E-state index in [9.17, 15) is 9.18 Å². The van der Waals surface area contributed by atoms with Crippen molar-refractivity contribution in [1.29, 1.82) is 0 Å². The van der Waals surface area contributed by atoms with Crippen molar-refractivity contribution in [3.05, 3.63) is 59.7 Å². The number of pyridine rings is 1. The molecule has 1 heterocycles. The molecule has 0 radical (unpaired) electrons. The molecule has 1 unspecified atom stereocenters. The fraction of sp³-hybridized carbons (Fsp3) is 0.250. The van der Waals surface area contributed by atoms with Gasteiger partial charge in [0.2, 0.25) is 0 Å². The van der Waals surface area contributed by atoms with Crippen LogP contribution >= 0.6 is 0 Å². The van der Waals surface area contributed by atoms with Gasteiger partial charge >= 0.3 is 0 Å². The molecule has 0 saturated heterocycles. The molecule has 0 saturated carbocycles. The van der Waals surface area contributed by atoms with Crippen molar-refractivity contribution < 1.29 is 13.9 Å². The first-order valence-electron chi connectivity index (χ1n) is 6.64. The van der Waals surface area contributed by atoms with Gasteiger partial charge in [-0.1, -0.05) is 18.2 Å². The largest absolute Gasteiger partial charge is 0.496 e. The fourth-order valence-corrected chi connectivity index (χ4v) is 2.11. The number of methoxy groups -OCH3 is 1. The van der Waals surface area contributed by atoms with Crippen LogP contribution in [-0.4, -0.2) is 24.0 Å². The monoisotopic (exact) mass is 288 g/mol. The summed E-state index contributed by atoms with van der Waals surface area (Å²) in [5.41, 5.74) is 0.986. The average molecular weight is 288 g/mol. The Morgan fingerprint density at radius 2 is 2.14 bits per heavy atom. The number of halogens is 1. The standard InChI is InChI=1S/C16H17FN2O2/c1-11(9-12-5-3-4-6-15(12)21-2)19-16(20)13-7-8-18-10-14(13)17/h3-8,10-11H,9H2,1-2H3,(H,19,20). The van der Waals surface area contributed by atoms with Gasteiger partial charge in [0.1, 0.15) is 5.75 Å². The molecule has 0 spiro atoms. The summed E-state index contributed by atoms with van der Waals surface area (Å²) in [5.74, 6) is -0.300. The van der Waals surface area contributed by atoms with Crippen molar-refractivity contribution >= 4 is 5.91 Å². The summed E-state index contributed by atoms with van der Waals surface area (Å²) in [4.78, 5) is 15.6. The van der Waals surface area contributed by atoms with Crippen LogP contribution in [0, 0.1) is 5.82 Å². The van der Waals surface area contributed by atoms with Crippen molar-refractivity contribution in [2.24, 2.45) is 0 Å². The van der Waals surface area contributed by atoms with Gasteiger partial charge in [0.25, 0.3) is 5.91 Å². The number of carbonyl (C=O) groups excluding carboxylic acids is 1. The Kier molecular flexibility index (Phi) is 4.87. The van der Waals surface area contributed by atoms with Crippen molar-refractivity contribution in [2.75, 3.05) is 7.11 Å². The number of ether oxygens (including phenoxy) is 1. The molecule has 1 atom stereocenters. The maximum atomic E-state index is 13.5.